The molecule has 1 atom stereocenters. The van der Waals surface area contributed by atoms with Gasteiger partial charge in [0, 0.05) is 24.7 Å². The Balaban J connectivity index is 2.43. The molecule has 0 spiro atoms. The molecule has 1 unspecified atom stereocenters. The molecule has 0 radical (unpaired) electrons. The van der Waals surface area contributed by atoms with Gasteiger partial charge in [0.2, 0.25) is 0 Å². The summed E-state index contributed by atoms with van der Waals surface area (Å²) in [6.07, 6.45) is 13.5. The van der Waals surface area contributed by atoms with Gasteiger partial charge in [-0.25, -0.2) is 5.01 Å². The maximum atomic E-state index is 6.07. The third-order valence-electron chi connectivity index (χ3n) is 4.75. The third-order valence-corrected chi connectivity index (χ3v) is 4.75. The lowest BCUT2D eigenvalue weighted by molar-refractivity contribution is 0.0603. The van der Waals surface area contributed by atoms with Crippen LogP contribution in [0.3, 0.4) is 0 Å². The van der Waals surface area contributed by atoms with E-state index in [1.165, 1.54) is 64.2 Å². The van der Waals surface area contributed by atoms with E-state index >= 15 is 0 Å². The van der Waals surface area contributed by atoms with Crippen molar-refractivity contribution in [1.82, 2.24) is 10.4 Å². The molecule has 1 aliphatic rings. The highest BCUT2D eigenvalue weighted by atomic mass is 15.6. The molecule has 1 aliphatic heterocycles. The molecule has 0 bridgehead atoms. The van der Waals surface area contributed by atoms with Crippen molar-refractivity contribution in [3.63, 3.8) is 0 Å². The van der Waals surface area contributed by atoms with Crippen LogP contribution in [0.2, 0.25) is 0 Å². The Morgan fingerprint density at radius 1 is 1.00 bits per heavy atom. The maximum Gasteiger partial charge on any atom is 0.0326 e. The van der Waals surface area contributed by atoms with Crippen molar-refractivity contribution >= 4 is 0 Å². The molecule has 3 N–H and O–H groups in total. The fourth-order valence-electron chi connectivity index (χ4n) is 3.26. The first-order valence-corrected chi connectivity index (χ1v) is 8.89. The number of nitrogens with two attached hydrogens (primary N) is 1. The van der Waals surface area contributed by atoms with Crippen molar-refractivity contribution in [1.29, 1.82) is 0 Å². The summed E-state index contributed by atoms with van der Waals surface area (Å²) in [5, 5.41) is 2.45. The van der Waals surface area contributed by atoms with Crippen molar-refractivity contribution < 1.29 is 0 Å². The van der Waals surface area contributed by atoms with Crippen LogP contribution >= 0.6 is 0 Å². The lowest BCUT2D eigenvalue weighted by atomic mass is 9.87. The number of nitrogens with zero attached hydrogens (tertiary/aromatic N) is 1. The fourth-order valence-corrected chi connectivity index (χ4v) is 3.26. The van der Waals surface area contributed by atoms with Crippen molar-refractivity contribution in [2.45, 2.75) is 96.6 Å². The smallest absolute Gasteiger partial charge is 0.0326 e. The van der Waals surface area contributed by atoms with Crippen LogP contribution in [0.15, 0.2) is 0 Å². The molecule has 20 heavy (non-hydrogen) atoms. The number of hydrogen-bond donors (Lipinski definition) is 2. The fraction of sp³-hybridized carbons (Fsp3) is 1.00. The van der Waals surface area contributed by atoms with E-state index in [1.54, 1.807) is 0 Å². The van der Waals surface area contributed by atoms with E-state index in [2.05, 4.69) is 31.2 Å². The lowest BCUT2D eigenvalue weighted by Gasteiger charge is -2.39. The van der Waals surface area contributed by atoms with Gasteiger partial charge >= 0.3 is 0 Å². The Morgan fingerprint density at radius 3 is 1.95 bits per heavy atom. The van der Waals surface area contributed by atoms with Gasteiger partial charge < -0.3 is 5.73 Å². The van der Waals surface area contributed by atoms with Crippen LogP contribution in [0.1, 0.15) is 85.0 Å². The van der Waals surface area contributed by atoms with E-state index < -0.39 is 0 Å². The van der Waals surface area contributed by atoms with E-state index in [1.807, 2.05) is 0 Å². The number of nitrogens with one attached hydrogen (secondary N) is 1. The van der Waals surface area contributed by atoms with Crippen LogP contribution in [0.5, 0.6) is 0 Å². The summed E-state index contributed by atoms with van der Waals surface area (Å²) in [4.78, 5) is 0. The van der Waals surface area contributed by atoms with Gasteiger partial charge in [0.25, 0.3) is 0 Å². The summed E-state index contributed by atoms with van der Waals surface area (Å²) < 4.78 is 0. The number of hydrazine groups is 1. The van der Waals surface area contributed by atoms with Crippen molar-refractivity contribution in [2.75, 3.05) is 13.1 Å². The van der Waals surface area contributed by atoms with E-state index in [-0.39, 0.29) is 0 Å². The molecule has 3 nitrogen and oxygen atoms in total. The third kappa shape index (κ3) is 6.11. The van der Waals surface area contributed by atoms with Crippen LogP contribution in [0.4, 0.5) is 0 Å². The normalized spacial score (nSPS) is 20.7. The molecule has 120 valence electrons. The van der Waals surface area contributed by atoms with Crippen LogP contribution < -0.4 is 11.2 Å². The summed E-state index contributed by atoms with van der Waals surface area (Å²) in [5.41, 5.74) is 9.91. The minimum absolute atomic E-state index is 0.301. The minimum Gasteiger partial charge on any atom is -0.325 e. The van der Waals surface area contributed by atoms with Gasteiger partial charge in [-0.1, -0.05) is 65.2 Å². The molecule has 0 aromatic carbocycles. The van der Waals surface area contributed by atoms with Crippen LogP contribution in [0, 0.1) is 0 Å². The molecule has 1 fully saturated rings. The average Bonchev–Trinajstić information content (AvgIpc) is 2.87. The highest BCUT2D eigenvalue weighted by Crippen LogP contribution is 2.29. The maximum absolute atomic E-state index is 6.07. The largest absolute Gasteiger partial charge is 0.325 e. The van der Waals surface area contributed by atoms with E-state index in [0.717, 1.165) is 13.1 Å². The first-order valence-electron chi connectivity index (χ1n) is 8.89. The first-order chi connectivity index (χ1) is 9.62. The predicted molar refractivity (Wildman–Crippen MR) is 88.6 cm³/mol. The molecular weight excluding hydrogens is 246 g/mol. The Labute approximate surface area is 126 Å². The predicted octanol–water partition coefficient (Wildman–Crippen LogP) is 3.83. The molecule has 0 aromatic heterocycles. The summed E-state index contributed by atoms with van der Waals surface area (Å²) in [7, 11) is 0. The van der Waals surface area contributed by atoms with Gasteiger partial charge in [-0.3, -0.25) is 5.43 Å². The van der Waals surface area contributed by atoms with E-state index in [9.17, 15) is 0 Å². The van der Waals surface area contributed by atoms with Gasteiger partial charge in [0.05, 0.1) is 0 Å². The molecular formula is C17H37N3. The van der Waals surface area contributed by atoms with Crippen molar-refractivity contribution in [2.24, 2.45) is 5.73 Å². The van der Waals surface area contributed by atoms with Gasteiger partial charge in [0.1, 0.15) is 0 Å². The Bertz CT molecular complexity index is 230. The Hall–Kier alpha value is -0.120. The van der Waals surface area contributed by atoms with E-state index in [4.69, 9.17) is 5.73 Å². The lowest BCUT2D eigenvalue weighted by Crippen LogP contribution is -2.50. The minimum atomic E-state index is 0.301. The topological polar surface area (TPSA) is 41.3 Å². The summed E-state index contributed by atoms with van der Waals surface area (Å²) in [6, 6.07) is 0.306. The summed E-state index contributed by atoms with van der Waals surface area (Å²) in [5.74, 6) is 0. The first kappa shape index (κ1) is 17.9. The molecule has 0 aliphatic carbocycles. The second-order valence-corrected chi connectivity index (χ2v) is 6.85. The zero-order chi connectivity index (χ0) is 14.8. The zero-order valence-electron chi connectivity index (χ0n) is 14.1. The molecule has 0 aromatic rings. The monoisotopic (exact) mass is 283 g/mol. The number of hydrogen-bond acceptors (Lipinski definition) is 3. The van der Waals surface area contributed by atoms with Gasteiger partial charge in [-0.15, -0.1) is 0 Å². The summed E-state index contributed by atoms with van der Waals surface area (Å²) >= 11 is 0. The highest BCUT2D eigenvalue weighted by Gasteiger charge is 2.35. The standard InChI is InChI=1S/C17H37N3/c1-4-6-8-10-12-17(3,13-11-9-7-5-2)20-15-16(18)14-19-20/h16,19H,4-15,18H2,1-3H3. The van der Waals surface area contributed by atoms with E-state index in [0.29, 0.717) is 11.6 Å². The van der Waals surface area contributed by atoms with Gasteiger partial charge in [-0.2, -0.15) is 0 Å². The second-order valence-electron chi connectivity index (χ2n) is 6.85. The molecule has 1 saturated heterocycles. The average molecular weight is 284 g/mol. The van der Waals surface area contributed by atoms with Gasteiger partial charge in [0.15, 0.2) is 0 Å². The quantitative estimate of drug-likeness (QED) is 0.566. The van der Waals surface area contributed by atoms with Crippen molar-refractivity contribution in [3.05, 3.63) is 0 Å². The zero-order valence-corrected chi connectivity index (χ0v) is 14.1. The molecule has 0 saturated carbocycles. The number of unbranched alkanes of at least 4 members (excludes halogenated alkanes) is 6. The molecule has 3 heteroatoms. The van der Waals surface area contributed by atoms with Crippen molar-refractivity contribution in [3.8, 4) is 0 Å². The van der Waals surface area contributed by atoms with Crippen LogP contribution in [-0.2, 0) is 0 Å². The Morgan fingerprint density at radius 2 is 1.55 bits per heavy atom. The molecule has 1 rings (SSSR count). The molecule has 1 heterocycles. The van der Waals surface area contributed by atoms with Crippen LogP contribution in [-0.4, -0.2) is 29.7 Å². The summed E-state index contributed by atoms with van der Waals surface area (Å²) in [6.45, 7) is 8.96. The molecule has 0 amide bonds. The van der Waals surface area contributed by atoms with Crippen LogP contribution in [0.25, 0.3) is 0 Å². The Kier molecular flexibility index (Phi) is 8.74. The number of rotatable bonds is 11. The van der Waals surface area contributed by atoms with Gasteiger partial charge in [-0.05, 0) is 19.8 Å². The second kappa shape index (κ2) is 9.75. The highest BCUT2D eigenvalue weighted by molar-refractivity contribution is 4.90. The SMILES string of the molecule is CCCCCCC(C)(CCCCCC)N1CC(N)CN1.